The number of aryl methyl sites for hydroxylation is 1. The molecule has 1 atom stereocenters. The normalized spacial score (nSPS) is 15.8. The van der Waals surface area contributed by atoms with Gasteiger partial charge in [0.1, 0.15) is 5.69 Å². The molecule has 2 aliphatic rings. The van der Waals surface area contributed by atoms with Crippen molar-refractivity contribution in [1.29, 1.82) is 0 Å². The van der Waals surface area contributed by atoms with Crippen LogP contribution in [0.3, 0.4) is 0 Å². The molecule has 1 fully saturated rings. The van der Waals surface area contributed by atoms with Crippen molar-refractivity contribution in [3.63, 3.8) is 0 Å². The molecule has 3 aromatic rings. The Hall–Kier alpha value is -4.80. The van der Waals surface area contributed by atoms with Crippen molar-refractivity contribution in [2.45, 2.75) is 51.0 Å². The summed E-state index contributed by atoms with van der Waals surface area (Å²) >= 11 is 0. The van der Waals surface area contributed by atoms with Crippen LogP contribution < -0.4 is 26.3 Å². The zero-order valence-corrected chi connectivity index (χ0v) is 24.6. The van der Waals surface area contributed by atoms with E-state index in [-0.39, 0.29) is 17.9 Å². The van der Waals surface area contributed by atoms with E-state index in [9.17, 15) is 14.4 Å². The van der Waals surface area contributed by atoms with E-state index in [1.165, 1.54) is 0 Å². The number of carbonyl (C=O) groups is 3. The quantitative estimate of drug-likeness (QED) is 0.219. The van der Waals surface area contributed by atoms with E-state index < -0.39 is 5.91 Å². The van der Waals surface area contributed by atoms with Crippen molar-refractivity contribution in [3.05, 3.63) is 53.9 Å². The van der Waals surface area contributed by atoms with Gasteiger partial charge in [-0.2, -0.15) is 0 Å². The Balaban J connectivity index is 1.15. The SMILES string of the molecule is COc1cc2c(cc1OCCCCCC(=O)Nc1cn(C)c(C(N)=O)c1-c1ccc(N)cc1)N=CC1CCCCN1C2=O. The van der Waals surface area contributed by atoms with Gasteiger partial charge in [0.25, 0.3) is 11.8 Å². The first-order valence-corrected chi connectivity index (χ1v) is 14.6. The van der Waals surface area contributed by atoms with Crippen LogP contribution in [0.1, 0.15) is 65.8 Å². The van der Waals surface area contributed by atoms with Crippen LogP contribution in [0.2, 0.25) is 0 Å². The van der Waals surface area contributed by atoms with Gasteiger partial charge in [0.2, 0.25) is 5.91 Å². The van der Waals surface area contributed by atoms with E-state index in [1.54, 1.807) is 61.3 Å². The molecule has 226 valence electrons. The third-order valence-electron chi connectivity index (χ3n) is 7.90. The number of hydrogen-bond donors (Lipinski definition) is 3. The van der Waals surface area contributed by atoms with Crippen LogP contribution in [0.15, 0.2) is 47.6 Å². The molecule has 0 aliphatic carbocycles. The number of nitrogens with one attached hydrogen (secondary N) is 1. The van der Waals surface area contributed by atoms with Crippen LogP contribution >= 0.6 is 0 Å². The number of rotatable bonds is 11. The second kappa shape index (κ2) is 13.0. The first-order valence-electron chi connectivity index (χ1n) is 14.6. The minimum Gasteiger partial charge on any atom is -0.493 e. The summed E-state index contributed by atoms with van der Waals surface area (Å²) in [5.74, 6) is 0.253. The molecule has 5 N–H and O–H groups in total. The van der Waals surface area contributed by atoms with Crippen molar-refractivity contribution in [2.24, 2.45) is 17.8 Å². The molecular weight excluding hydrogens is 548 g/mol. The van der Waals surface area contributed by atoms with Gasteiger partial charge >= 0.3 is 0 Å². The smallest absolute Gasteiger partial charge is 0.266 e. The fourth-order valence-corrected chi connectivity index (χ4v) is 5.70. The highest BCUT2D eigenvalue weighted by molar-refractivity contribution is 6.06. The summed E-state index contributed by atoms with van der Waals surface area (Å²) < 4.78 is 13.2. The molecule has 3 heterocycles. The summed E-state index contributed by atoms with van der Waals surface area (Å²) in [5, 5.41) is 2.94. The predicted molar refractivity (Wildman–Crippen MR) is 166 cm³/mol. The summed E-state index contributed by atoms with van der Waals surface area (Å²) in [7, 11) is 3.27. The van der Waals surface area contributed by atoms with Gasteiger partial charge in [-0.3, -0.25) is 19.4 Å². The number of ether oxygens (including phenoxy) is 2. The fraction of sp³-hybridized carbons (Fsp3) is 0.375. The standard InChI is InChI=1S/C32H38N6O5/c1-37-19-25(29(30(37)31(34)40)20-10-12-21(33)13-11-20)36-28(39)9-4-3-7-15-43-27-17-24-23(16-26(27)42-2)32(41)38-14-6-5-8-22(38)18-35-24/h10-13,16-19,22H,3-9,14-15,33H2,1-2H3,(H2,34,40)(H,36,39). The molecule has 0 bridgehead atoms. The Labute approximate surface area is 250 Å². The van der Waals surface area contributed by atoms with E-state index in [1.807, 2.05) is 11.1 Å². The number of aliphatic imine (C=N–C) groups is 1. The second-order valence-electron chi connectivity index (χ2n) is 10.9. The lowest BCUT2D eigenvalue weighted by Gasteiger charge is -2.32. The molecule has 1 saturated heterocycles. The molecule has 11 heteroatoms. The number of piperidine rings is 1. The largest absolute Gasteiger partial charge is 0.493 e. The lowest BCUT2D eigenvalue weighted by atomic mass is 10.0. The van der Waals surface area contributed by atoms with Crippen LogP contribution in [0, 0.1) is 0 Å². The van der Waals surface area contributed by atoms with E-state index in [0.717, 1.165) is 44.2 Å². The summed E-state index contributed by atoms with van der Waals surface area (Å²) in [5.41, 5.74) is 15.3. The predicted octanol–water partition coefficient (Wildman–Crippen LogP) is 4.67. The van der Waals surface area contributed by atoms with E-state index in [4.69, 9.17) is 20.9 Å². The summed E-state index contributed by atoms with van der Waals surface area (Å²) in [6.07, 6.45) is 9.01. The number of amides is 3. The van der Waals surface area contributed by atoms with E-state index in [0.29, 0.717) is 64.8 Å². The number of carbonyl (C=O) groups excluding carboxylic acids is 3. The number of fused-ring (bicyclic) bond motifs is 2. The number of nitrogens with two attached hydrogens (primary N) is 2. The minimum atomic E-state index is -0.588. The number of methoxy groups -OCH3 is 1. The number of primary amides is 1. The highest BCUT2D eigenvalue weighted by Crippen LogP contribution is 2.38. The van der Waals surface area contributed by atoms with Crippen LogP contribution in [0.5, 0.6) is 11.5 Å². The lowest BCUT2D eigenvalue weighted by Crippen LogP contribution is -2.43. The number of nitrogens with zero attached hydrogens (tertiary/aromatic N) is 3. The maximum Gasteiger partial charge on any atom is 0.266 e. The van der Waals surface area contributed by atoms with Crippen molar-refractivity contribution < 1.29 is 23.9 Å². The average molecular weight is 587 g/mol. The van der Waals surface area contributed by atoms with Crippen LogP contribution in [0.25, 0.3) is 11.1 Å². The molecular formula is C32H38N6O5. The lowest BCUT2D eigenvalue weighted by molar-refractivity contribution is -0.116. The number of aromatic nitrogens is 1. The van der Waals surface area contributed by atoms with E-state index >= 15 is 0 Å². The molecule has 2 aliphatic heterocycles. The number of unbranched alkanes of at least 4 members (excludes halogenated alkanes) is 2. The first kappa shape index (κ1) is 29.7. The molecule has 5 rings (SSSR count). The molecule has 1 aromatic heterocycles. The molecule has 0 spiro atoms. The first-order chi connectivity index (χ1) is 20.8. The molecule has 43 heavy (non-hydrogen) atoms. The molecule has 0 saturated carbocycles. The number of benzene rings is 2. The second-order valence-corrected chi connectivity index (χ2v) is 10.9. The van der Waals surface area contributed by atoms with Gasteiger partial charge in [0.15, 0.2) is 11.5 Å². The Morgan fingerprint density at radius 2 is 1.88 bits per heavy atom. The van der Waals surface area contributed by atoms with Gasteiger partial charge in [0, 0.05) is 49.7 Å². The van der Waals surface area contributed by atoms with Gasteiger partial charge in [0.05, 0.1) is 36.7 Å². The average Bonchev–Trinajstić information content (AvgIpc) is 3.25. The molecule has 3 amide bonds. The Morgan fingerprint density at radius 1 is 1.09 bits per heavy atom. The van der Waals surface area contributed by atoms with Crippen molar-refractivity contribution in [2.75, 3.05) is 31.3 Å². The van der Waals surface area contributed by atoms with Gasteiger partial charge < -0.3 is 35.7 Å². The topological polar surface area (TPSA) is 154 Å². The van der Waals surface area contributed by atoms with Crippen LogP contribution in [-0.4, -0.2) is 59.7 Å². The van der Waals surface area contributed by atoms with Gasteiger partial charge in [-0.15, -0.1) is 0 Å². The molecule has 0 radical (unpaired) electrons. The minimum absolute atomic E-state index is 0.0256. The van der Waals surface area contributed by atoms with Crippen LogP contribution in [0.4, 0.5) is 17.1 Å². The maximum atomic E-state index is 13.2. The fourth-order valence-electron chi connectivity index (χ4n) is 5.70. The van der Waals surface area contributed by atoms with Gasteiger partial charge in [-0.1, -0.05) is 12.1 Å². The summed E-state index contributed by atoms with van der Waals surface area (Å²) in [6, 6.07) is 10.6. The molecule has 1 unspecified atom stereocenters. The van der Waals surface area contributed by atoms with Gasteiger partial charge in [-0.05, 0) is 62.3 Å². The zero-order chi connectivity index (χ0) is 30.5. The maximum absolute atomic E-state index is 13.2. The Kier molecular flexibility index (Phi) is 8.98. The third kappa shape index (κ3) is 6.50. The third-order valence-corrected chi connectivity index (χ3v) is 7.90. The van der Waals surface area contributed by atoms with Crippen molar-refractivity contribution in [3.8, 4) is 22.6 Å². The summed E-state index contributed by atoms with van der Waals surface area (Å²) in [6.45, 7) is 1.15. The van der Waals surface area contributed by atoms with E-state index in [2.05, 4.69) is 10.3 Å². The number of hydrogen-bond acceptors (Lipinski definition) is 7. The molecule has 2 aromatic carbocycles. The Morgan fingerprint density at radius 3 is 2.63 bits per heavy atom. The highest BCUT2D eigenvalue weighted by atomic mass is 16.5. The van der Waals surface area contributed by atoms with Crippen LogP contribution in [-0.2, 0) is 11.8 Å². The number of nitrogen functional groups attached to an aromatic ring is 1. The molecule has 11 nitrogen and oxygen atoms in total. The number of anilines is 2. The van der Waals surface area contributed by atoms with Crippen molar-refractivity contribution in [1.82, 2.24) is 9.47 Å². The zero-order valence-electron chi connectivity index (χ0n) is 24.6. The van der Waals surface area contributed by atoms with Gasteiger partial charge in [-0.25, -0.2) is 0 Å². The highest BCUT2D eigenvalue weighted by Gasteiger charge is 2.31. The summed E-state index contributed by atoms with van der Waals surface area (Å²) in [4.78, 5) is 44.7. The monoisotopic (exact) mass is 586 g/mol. The van der Waals surface area contributed by atoms with Crippen molar-refractivity contribution >= 4 is 41.0 Å². The Bertz CT molecular complexity index is 1540.